The topological polar surface area (TPSA) is 78.7 Å². The Balaban J connectivity index is 2.30. The summed E-state index contributed by atoms with van der Waals surface area (Å²) in [5.74, 6) is 0.137. The number of benzene rings is 2. The first-order valence-electron chi connectivity index (χ1n) is 6.82. The van der Waals surface area contributed by atoms with Crippen LogP contribution in [0.25, 0.3) is 0 Å². The zero-order chi connectivity index (χ0) is 16.8. The van der Waals surface area contributed by atoms with Gasteiger partial charge in [-0.25, -0.2) is 4.79 Å². The van der Waals surface area contributed by atoms with E-state index in [2.05, 4.69) is 0 Å². The van der Waals surface area contributed by atoms with E-state index in [0.29, 0.717) is 10.6 Å². The second-order valence-corrected chi connectivity index (χ2v) is 5.55. The third-order valence-electron chi connectivity index (χ3n) is 2.95. The van der Waals surface area contributed by atoms with Crippen LogP contribution in [0.3, 0.4) is 0 Å². The maximum Gasteiger partial charge on any atom is 0.338 e. The maximum atomic E-state index is 11.7. The first-order chi connectivity index (χ1) is 11.0. The van der Waals surface area contributed by atoms with Crippen molar-refractivity contribution in [3.8, 4) is 5.75 Å². The fourth-order valence-electron chi connectivity index (χ4n) is 1.86. The Morgan fingerprint density at radius 1 is 1.22 bits per heavy atom. The van der Waals surface area contributed by atoms with Crippen molar-refractivity contribution in [1.82, 2.24) is 0 Å². The van der Waals surface area contributed by atoms with Crippen molar-refractivity contribution in [3.63, 3.8) is 0 Å². The highest BCUT2D eigenvalue weighted by Crippen LogP contribution is 2.36. The molecule has 2 aromatic carbocycles. The number of esters is 1. The third-order valence-corrected chi connectivity index (χ3v) is 4.03. The van der Waals surface area contributed by atoms with Crippen LogP contribution in [0.5, 0.6) is 5.75 Å². The normalized spacial score (nSPS) is 10.2. The van der Waals surface area contributed by atoms with Gasteiger partial charge >= 0.3 is 5.97 Å². The minimum Gasteiger partial charge on any atom is -0.497 e. The molecule has 0 bridgehead atoms. The van der Waals surface area contributed by atoms with Crippen molar-refractivity contribution in [3.05, 3.63) is 58.1 Å². The summed E-state index contributed by atoms with van der Waals surface area (Å²) in [7, 11) is 1.57. The van der Waals surface area contributed by atoms with Crippen LogP contribution in [0.15, 0.2) is 52.3 Å². The molecule has 120 valence electrons. The summed E-state index contributed by atoms with van der Waals surface area (Å²) in [5.41, 5.74) is 0.0361. The van der Waals surface area contributed by atoms with Gasteiger partial charge in [-0.1, -0.05) is 11.8 Å². The van der Waals surface area contributed by atoms with E-state index in [1.165, 1.54) is 23.9 Å². The van der Waals surface area contributed by atoms with Crippen LogP contribution >= 0.6 is 11.8 Å². The Morgan fingerprint density at radius 3 is 2.48 bits per heavy atom. The maximum absolute atomic E-state index is 11.7. The average Bonchev–Trinajstić information content (AvgIpc) is 2.56. The molecule has 2 rings (SSSR count). The lowest BCUT2D eigenvalue weighted by Gasteiger charge is -2.06. The van der Waals surface area contributed by atoms with Crippen LogP contribution in [-0.4, -0.2) is 24.6 Å². The van der Waals surface area contributed by atoms with E-state index in [-0.39, 0.29) is 17.9 Å². The van der Waals surface area contributed by atoms with E-state index >= 15 is 0 Å². The molecule has 0 aliphatic carbocycles. The van der Waals surface area contributed by atoms with Crippen molar-refractivity contribution in [2.24, 2.45) is 0 Å². The zero-order valence-electron chi connectivity index (χ0n) is 12.6. The summed E-state index contributed by atoms with van der Waals surface area (Å²) in [4.78, 5) is 23.7. The van der Waals surface area contributed by atoms with Gasteiger partial charge in [0.1, 0.15) is 5.75 Å². The molecule has 0 heterocycles. The number of nitro benzene ring substituents is 1. The Bertz CT molecular complexity index is 715. The molecule has 6 nitrogen and oxygen atoms in total. The Morgan fingerprint density at radius 2 is 1.91 bits per heavy atom. The van der Waals surface area contributed by atoms with Crippen LogP contribution in [-0.2, 0) is 4.74 Å². The zero-order valence-corrected chi connectivity index (χ0v) is 13.5. The number of nitro groups is 1. The molecular weight excluding hydrogens is 318 g/mol. The lowest BCUT2D eigenvalue weighted by atomic mass is 10.2. The predicted molar refractivity (Wildman–Crippen MR) is 86.2 cm³/mol. The molecular formula is C16H15NO5S. The number of rotatable bonds is 6. The Kier molecular flexibility index (Phi) is 5.59. The van der Waals surface area contributed by atoms with Crippen molar-refractivity contribution < 1.29 is 19.2 Å². The third kappa shape index (κ3) is 4.23. The number of hydrogen-bond acceptors (Lipinski definition) is 6. The first kappa shape index (κ1) is 16.8. The molecule has 23 heavy (non-hydrogen) atoms. The van der Waals surface area contributed by atoms with Crippen molar-refractivity contribution in [2.75, 3.05) is 13.7 Å². The summed E-state index contributed by atoms with van der Waals surface area (Å²) < 4.78 is 9.94. The molecule has 0 radical (unpaired) electrons. The van der Waals surface area contributed by atoms with Gasteiger partial charge in [-0.05, 0) is 43.3 Å². The molecule has 0 saturated heterocycles. The Labute approximate surface area is 137 Å². The lowest BCUT2D eigenvalue weighted by Crippen LogP contribution is -2.05. The molecule has 2 aromatic rings. The highest BCUT2D eigenvalue weighted by Gasteiger charge is 2.19. The van der Waals surface area contributed by atoms with Gasteiger partial charge in [0.25, 0.3) is 5.69 Å². The number of carbonyl (C=O) groups excluding carboxylic acids is 1. The fraction of sp³-hybridized carbons (Fsp3) is 0.188. The molecule has 0 N–H and O–H groups in total. The second-order valence-electron chi connectivity index (χ2n) is 4.44. The van der Waals surface area contributed by atoms with E-state index in [0.717, 1.165) is 4.90 Å². The van der Waals surface area contributed by atoms with Crippen LogP contribution in [0.1, 0.15) is 17.3 Å². The van der Waals surface area contributed by atoms with Gasteiger partial charge in [-0.2, -0.15) is 0 Å². The van der Waals surface area contributed by atoms with E-state index in [9.17, 15) is 14.9 Å². The van der Waals surface area contributed by atoms with E-state index in [1.54, 1.807) is 32.2 Å². The molecule has 0 atom stereocenters. The largest absolute Gasteiger partial charge is 0.497 e. The minimum atomic E-state index is -0.573. The van der Waals surface area contributed by atoms with Crippen molar-refractivity contribution in [1.29, 1.82) is 0 Å². The van der Waals surface area contributed by atoms with Crippen LogP contribution in [0.4, 0.5) is 5.69 Å². The van der Waals surface area contributed by atoms with Crippen molar-refractivity contribution >= 4 is 23.4 Å². The molecule has 0 aliphatic rings. The number of hydrogen-bond donors (Lipinski definition) is 0. The summed E-state index contributed by atoms with van der Waals surface area (Å²) in [5, 5.41) is 11.3. The molecule has 7 heteroatoms. The predicted octanol–water partition coefficient (Wildman–Crippen LogP) is 3.93. The Hall–Kier alpha value is -2.54. The quantitative estimate of drug-likeness (QED) is 0.453. The van der Waals surface area contributed by atoms with Gasteiger partial charge in [-0.15, -0.1) is 0 Å². The van der Waals surface area contributed by atoms with Gasteiger partial charge in [0.2, 0.25) is 0 Å². The van der Waals surface area contributed by atoms with Gasteiger partial charge in [0, 0.05) is 11.0 Å². The fourth-order valence-corrected chi connectivity index (χ4v) is 2.76. The van der Waals surface area contributed by atoms with Crippen molar-refractivity contribution in [2.45, 2.75) is 16.7 Å². The molecule has 0 aromatic heterocycles. The van der Waals surface area contributed by atoms with Gasteiger partial charge in [-0.3, -0.25) is 10.1 Å². The molecule has 0 aliphatic heterocycles. The molecule has 0 saturated carbocycles. The van der Waals surface area contributed by atoms with Crippen LogP contribution in [0.2, 0.25) is 0 Å². The van der Waals surface area contributed by atoms with E-state index in [4.69, 9.17) is 9.47 Å². The first-order valence-corrected chi connectivity index (χ1v) is 7.64. The summed E-state index contributed by atoms with van der Waals surface area (Å²) >= 11 is 1.25. The SMILES string of the molecule is CCOC(=O)c1ccc(Sc2ccc(OC)cc2)c([N+](=O)[O-])c1. The average molecular weight is 333 g/mol. The summed E-state index contributed by atoms with van der Waals surface area (Å²) in [6, 6.07) is 11.5. The monoisotopic (exact) mass is 333 g/mol. The van der Waals surface area contributed by atoms with E-state index < -0.39 is 10.9 Å². The van der Waals surface area contributed by atoms with E-state index in [1.807, 2.05) is 12.1 Å². The number of carbonyl (C=O) groups is 1. The molecule has 0 amide bonds. The van der Waals surface area contributed by atoms with Crippen LogP contribution in [0, 0.1) is 10.1 Å². The van der Waals surface area contributed by atoms with Crippen LogP contribution < -0.4 is 4.74 Å². The lowest BCUT2D eigenvalue weighted by molar-refractivity contribution is -0.387. The highest BCUT2D eigenvalue weighted by atomic mass is 32.2. The van der Waals surface area contributed by atoms with Gasteiger partial charge < -0.3 is 9.47 Å². The number of nitrogens with zero attached hydrogens (tertiary/aromatic N) is 1. The van der Waals surface area contributed by atoms with Gasteiger partial charge in [0.05, 0.1) is 29.1 Å². The standard InChI is InChI=1S/C16H15NO5S/c1-3-22-16(18)11-4-9-15(14(10-11)17(19)20)23-13-7-5-12(21-2)6-8-13/h4-10H,3H2,1-2H3. The van der Waals surface area contributed by atoms with Gasteiger partial charge in [0.15, 0.2) is 0 Å². The number of ether oxygens (including phenoxy) is 2. The highest BCUT2D eigenvalue weighted by molar-refractivity contribution is 7.99. The second kappa shape index (κ2) is 7.64. The summed E-state index contributed by atoms with van der Waals surface area (Å²) in [6.07, 6.45) is 0. The summed E-state index contributed by atoms with van der Waals surface area (Å²) in [6.45, 7) is 1.90. The molecule has 0 fully saturated rings. The molecule has 0 unspecified atom stereocenters. The minimum absolute atomic E-state index is 0.128. The smallest absolute Gasteiger partial charge is 0.338 e. The number of methoxy groups -OCH3 is 1. The molecule has 0 spiro atoms.